The van der Waals surface area contributed by atoms with E-state index in [1.165, 1.54) is 6.07 Å². The second-order valence-electron chi connectivity index (χ2n) is 5.45. The number of para-hydroxylation sites is 2. The monoisotopic (exact) mass is 311 g/mol. The van der Waals surface area contributed by atoms with Crippen LogP contribution in [0, 0.1) is 28.4 Å². The molecule has 2 aromatic carbocycles. The number of hydrogen-bond donors (Lipinski definition) is 0. The van der Waals surface area contributed by atoms with Gasteiger partial charge in [-0.15, -0.1) is 0 Å². The van der Waals surface area contributed by atoms with Gasteiger partial charge in [0.1, 0.15) is 5.75 Å². The number of rotatable bonds is 5. The first-order chi connectivity index (χ1) is 10.9. The van der Waals surface area contributed by atoms with Gasteiger partial charge >= 0.3 is 5.69 Å². The minimum Gasteiger partial charge on any atom is -0.450 e. The fourth-order valence-electron chi connectivity index (χ4n) is 2.22. The average Bonchev–Trinajstić information content (AvgIpc) is 2.49. The normalized spacial score (nSPS) is 10.4. The predicted molar refractivity (Wildman–Crippen MR) is 86.5 cm³/mol. The standard InChI is InChI=1S/C17H17N3O3/c1-12-8-17(14(11-19(2)3)9-13(12)10-18)23-16-7-5-4-6-15(16)20(21)22/h4-9H,11H2,1-3H3. The van der Waals surface area contributed by atoms with Crippen LogP contribution >= 0.6 is 0 Å². The predicted octanol–water partition coefficient (Wildman–Crippen LogP) is 3.63. The van der Waals surface area contributed by atoms with E-state index in [-0.39, 0.29) is 11.4 Å². The van der Waals surface area contributed by atoms with Gasteiger partial charge in [-0.3, -0.25) is 10.1 Å². The Labute approximate surface area is 134 Å². The van der Waals surface area contributed by atoms with Crippen LogP contribution < -0.4 is 4.74 Å². The van der Waals surface area contributed by atoms with Crippen LogP contribution in [0.25, 0.3) is 0 Å². The van der Waals surface area contributed by atoms with E-state index in [0.29, 0.717) is 17.9 Å². The van der Waals surface area contributed by atoms with Gasteiger partial charge < -0.3 is 9.64 Å². The van der Waals surface area contributed by atoms with E-state index in [0.717, 1.165) is 11.1 Å². The van der Waals surface area contributed by atoms with Gasteiger partial charge in [0.15, 0.2) is 0 Å². The molecule has 0 bridgehead atoms. The maximum absolute atomic E-state index is 11.1. The van der Waals surface area contributed by atoms with Crippen LogP contribution in [-0.4, -0.2) is 23.9 Å². The number of nitro groups is 1. The summed E-state index contributed by atoms with van der Waals surface area (Å²) in [5.41, 5.74) is 2.04. The molecule has 2 rings (SSSR count). The van der Waals surface area contributed by atoms with Crippen molar-refractivity contribution in [3.63, 3.8) is 0 Å². The van der Waals surface area contributed by atoms with E-state index < -0.39 is 4.92 Å². The van der Waals surface area contributed by atoms with Crippen molar-refractivity contribution in [2.75, 3.05) is 14.1 Å². The maximum atomic E-state index is 11.1. The Balaban J connectivity index is 2.49. The number of benzene rings is 2. The van der Waals surface area contributed by atoms with Crippen molar-refractivity contribution in [3.8, 4) is 17.6 Å². The average molecular weight is 311 g/mol. The smallest absolute Gasteiger partial charge is 0.311 e. The third kappa shape index (κ3) is 3.84. The Morgan fingerprint density at radius 3 is 2.57 bits per heavy atom. The highest BCUT2D eigenvalue weighted by Crippen LogP contribution is 2.34. The van der Waals surface area contributed by atoms with Crippen LogP contribution in [0.1, 0.15) is 16.7 Å². The lowest BCUT2D eigenvalue weighted by Gasteiger charge is -2.16. The van der Waals surface area contributed by atoms with Crippen LogP contribution in [0.4, 0.5) is 5.69 Å². The molecule has 0 heterocycles. The molecule has 0 aliphatic rings. The van der Waals surface area contributed by atoms with E-state index in [9.17, 15) is 15.4 Å². The summed E-state index contributed by atoms with van der Waals surface area (Å²) in [5.74, 6) is 0.700. The summed E-state index contributed by atoms with van der Waals surface area (Å²) in [7, 11) is 3.81. The second kappa shape index (κ2) is 6.90. The third-order valence-corrected chi connectivity index (χ3v) is 3.30. The molecule has 0 fully saturated rings. The summed E-state index contributed by atoms with van der Waals surface area (Å²) in [6.07, 6.45) is 0. The molecule has 0 aliphatic heterocycles. The third-order valence-electron chi connectivity index (χ3n) is 3.30. The van der Waals surface area contributed by atoms with E-state index in [1.54, 1.807) is 30.3 Å². The second-order valence-corrected chi connectivity index (χ2v) is 5.45. The first-order valence-corrected chi connectivity index (χ1v) is 7.02. The van der Waals surface area contributed by atoms with Crippen molar-refractivity contribution in [2.45, 2.75) is 13.5 Å². The maximum Gasteiger partial charge on any atom is 0.311 e. The Hall–Kier alpha value is -2.91. The fourth-order valence-corrected chi connectivity index (χ4v) is 2.22. The van der Waals surface area contributed by atoms with E-state index in [4.69, 9.17) is 4.74 Å². The SMILES string of the molecule is Cc1cc(Oc2ccccc2[N+](=O)[O-])c(CN(C)C)cc1C#N. The van der Waals surface area contributed by atoms with Crippen LogP contribution in [0.5, 0.6) is 11.5 Å². The lowest BCUT2D eigenvalue weighted by Crippen LogP contribution is -2.12. The molecule has 0 N–H and O–H groups in total. The molecule has 0 radical (unpaired) electrons. The van der Waals surface area contributed by atoms with Crippen molar-refractivity contribution >= 4 is 5.69 Å². The van der Waals surface area contributed by atoms with Gasteiger partial charge in [-0.1, -0.05) is 12.1 Å². The topological polar surface area (TPSA) is 79.4 Å². The zero-order chi connectivity index (χ0) is 17.0. The van der Waals surface area contributed by atoms with E-state index >= 15 is 0 Å². The highest BCUT2D eigenvalue weighted by molar-refractivity contribution is 5.52. The molecule has 6 heteroatoms. The Morgan fingerprint density at radius 1 is 1.26 bits per heavy atom. The zero-order valence-electron chi connectivity index (χ0n) is 13.2. The highest BCUT2D eigenvalue weighted by atomic mass is 16.6. The first kappa shape index (κ1) is 16.5. The number of nitro benzene ring substituents is 1. The van der Waals surface area contributed by atoms with Crippen molar-refractivity contribution in [1.82, 2.24) is 4.90 Å². The molecule has 23 heavy (non-hydrogen) atoms. The highest BCUT2D eigenvalue weighted by Gasteiger charge is 2.17. The molecule has 0 saturated heterocycles. The quantitative estimate of drug-likeness (QED) is 0.622. The molecule has 0 saturated carbocycles. The summed E-state index contributed by atoms with van der Waals surface area (Å²) in [5, 5.41) is 20.3. The van der Waals surface area contributed by atoms with Gasteiger partial charge in [-0.2, -0.15) is 5.26 Å². The van der Waals surface area contributed by atoms with Crippen LogP contribution in [0.15, 0.2) is 36.4 Å². The molecule has 0 atom stereocenters. The molecule has 2 aromatic rings. The van der Waals surface area contributed by atoms with Gasteiger partial charge in [0.2, 0.25) is 5.75 Å². The molecular formula is C17H17N3O3. The van der Waals surface area contributed by atoms with Gasteiger partial charge in [-0.25, -0.2) is 0 Å². The molecule has 0 aromatic heterocycles. The molecule has 0 spiro atoms. The Bertz CT molecular complexity index is 779. The molecule has 0 amide bonds. The van der Waals surface area contributed by atoms with Crippen LogP contribution in [-0.2, 0) is 6.54 Å². The largest absolute Gasteiger partial charge is 0.450 e. The lowest BCUT2D eigenvalue weighted by atomic mass is 10.0. The van der Waals surface area contributed by atoms with Crippen molar-refractivity contribution in [3.05, 3.63) is 63.2 Å². The van der Waals surface area contributed by atoms with Crippen molar-refractivity contribution in [2.24, 2.45) is 0 Å². The van der Waals surface area contributed by atoms with E-state index in [2.05, 4.69) is 6.07 Å². The molecular weight excluding hydrogens is 294 g/mol. The number of nitriles is 1. The number of nitrogens with zero attached hydrogens (tertiary/aromatic N) is 3. The number of aryl methyl sites for hydroxylation is 1. The number of ether oxygens (including phenoxy) is 1. The van der Waals surface area contributed by atoms with Crippen molar-refractivity contribution < 1.29 is 9.66 Å². The summed E-state index contributed by atoms with van der Waals surface area (Å²) in [4.78, 5) is 12.6. The van der Waals surface area contributed by atoms with Crippen molar-refractivity contribution in [1.29, 1.82) is 5.26 Å². The van der Waals surface area contributed by atoms with Gasteiger partial charge in [0, 0.05) is 18.2 Å². The van der Waals surface area contributed by atoms with Crippen LogP contribution in [0.3, 0.4) is 0 Å². The van der Waals surface area contributed by atoms with Gasteiger partial charge in [0.25, 0.3) is 0 Å². The molecule has 118 valence electrons. The molecule has 6 nitrogen and oxygen atoms in total. The summed E-state index contributed by atoms with van der Waals surface area (Å²) < 4.78 is 5.81. The summed E-state index contributed by atoms with van der Waals surface area (Å²) >= 11 is 0. The Kier molecular flexibility index (Phi) is 4.94. The lowest BCUT2D eigenvalue weighted by molar-refractivity contribution is -0.385. The minimum absolute atomic E-state index is 0.0923. The minimum atomic E-state index is -0.475. The summed E-state index contributed by atoms with van der Waals surface area (Å²) in [6.45, 7) is 2.37. The summed E-state index contributed by atoms with van der Waals surface area (Å²) in [6, 6.07) is 11.9. The van der Waals surface area contributed by atoms with E-state index in [1.807, 2.05) is 25.9 Å². The molecule has 0 aliphatic carbocycles. The first-order valence-electron chi connectivity index (χ1n) is 7.02. The molecule has 0 unspecified atom stereocenters. The fraction of sp³-hybridized carbons (Fsp3) is 0.235. The van der Waals surface area contributed by atoms with Crippen LogP contribution in [0.2, 0.25) is 0 Å². The van der Waals surface area contributed by atoms with Gasteiger partial charge in [0.05, 0.1) is 16.6 Å². The number of hydrogen-bond acceptors (Lipinski definition) is 5. The zero-order valence-corrected chi connectivity index (χ0v) is 13.2. The Morgan fingerprint density at radius 2 is 1.96 bits per heavy atom. The van der Waals surface area contributed by atoms with Gasteiger partial charge in [-0.05, 0) is 44.8 Å².